The minimum atomic E-state index is -0.514. The predicted molar refractivity (Wildman–Crippen MR) is 97.9 cm³/mol. The number of H-pyrrole nitrogens is 1. The lowest BCUT2D eigenvalue weighted by atomic mass is 10.3. The number of nitro groups is 1. The van der Waals surface area contributed by atoms with Gasteiger partial charge in [-0.15, -0.1) is 0 Å². The van der Waals surface area contributed by atoms with Gasteiger partial charge in [0, 0.05) is 19.7 Å². The number of aromatic amines is 1. The monoisotopic (exact) mass is 373 g/mol. The van der Waals surface area contributed by atoms with Crippen molar-refractivity contribution < 1.29 is 9.66 Å². The van der Waals surface area contributed by atoms with Crippen molar-refractivity contribution in [2.75, 3.05) is 0 Å². The van der Waals surface area contributed by atoms with Gasteiger partial charge in [0.15, 0.2) is 11.2 Å². The van der Waals surface area contributed by atoms with Crippen LogP contribution in [-0.2, 0) is 20.2 Å². The zero-order chi connectivity index (χ0) is 19.6. The van der Waals surface area contributed by atoms with Gasteiger partial charge in [0.1, 0.15) is 18.2 Å². The Hall–Kier alpha value is -3.43. The van der Waals surface area contributed by atoms with Crippen molar-refractivity contribution in [2.24, 2.45) is 7.05 Å². The molecule has 0 bridgehead atoms. The van der Waals surface area contributed by atoms with Gasteiger partial charge >= 0.3 is 5.69 Å². The SMILES string of the molecule is CCCCn1c(=O)[nH]c(=O)c2c1nc(COc1cccc([N+](=O)[O-])c1)n2C. The molecule has 1 aromatic carbocycles. The highest BCUT2D eigenvalue weighted by molar-refractivity contribution is 5.70. The molecule has 1 N–H and O–H groups in total. The highest BCUT2D eigenvalue weighted by Gasteiger charge is 2.17. The van der Waals surface area contributed by atoms with E-state index in [2.05, 4.69) is 9.97 Å². The number of benzene rings is 1. The Morgan fingerprint density at radius 1 is 1.33 bits per heavy atom. The molecule has 0 spiro atoms. The van der Waals surface area contributed by atoms with Crippen LogP contribution in [0.1, 0.15) is 25.6 Å². The lowest BCUT2D eigenvalue weighted by molar-refractivity contribution is -0.384. The number of non-ortho nitro benzene ring substituents is 1. The Morgan fingerprint density at radius 3 is 2.81 bits per heavy atom. The van der Waals surface area contributed by atoms with Gasteiger partial charge < -0.3 is 9.30 Å². The van der Waals surface area contributed by atoms with E-state index >= 15 is 0 Å². The van der Waals surface area contributed by atoms with Crippen LogP contribution in [0.2, 0.25) is 0 Å². The molecule has 0 radical (unpaired) electrons. The Morgan fingerprint density at radius 2 is 2.11 bits per heavy atom. The van der Waals surface area contributed by atoms with Gasteiger partial charge in [-0.1, -0.05) is 19.4 Å². The van der Waals surface area contributed by atoms with Crippen LogP contribution in [0.25, 0.3) is 11.2 Å². The number of fused-ring (bicyclic) bond motifs is 1. The van der Waals surface area contributed by atoms with Gasteiger partial charge in [-0.3, -0.25) is 24.5 Å². The van der Waals surface area contributed by atoms with Crippen LogP contribution in [0.4, 0.5) is 5.69 Å². The van der Waals surface area contributed by atoms with Crippen LogP contribution < -0.4 is 16.0 Å². The minimum absolute atomic E-state index is 0.00619. The summed E-state index contributed by atoms with van der Waals surface area (Å²) < 4.78 is 8.60. The maximum absolute atomic E-state index is 12.2. The van der Waals surface area contributed by atoms with Gasteiger partial charge in [-0.05, 0) is 12.5 Å². The van der Waals surface area contributed by atoms with E-state index in [4.69, 9.17) is 4.74 Å². The number of ether oxygens (including phenoxy) is 1. The van der Waals surface area contributed by atoms with Crippen molar-refractivity contribution in [1.82, 2.24) is 19.1 Å². The van der Waals surface area contributed by atoms with E-state index < -0.39 is 16.2 Å². The largest absolute Gasteiger partial charge is 0.485 e. The number of nitro benzene ring substituents is 1. The molecule has 0 aliphatic carbocycles. The summed E-state index contributed by atoms with van der Waals surface area (Å²) in [6, 6.07) is 5.80. The van der Waals surface area contributed by atoms with Gasteiger partial charge in [0.2, 0.25) is 0 Å². The normalized spacial score (nSPS) is 11.0. The number of unbranched alkanes of at least 4 members (excludes halogenated alkanes) is 1. The molecule has 0 unspecified atom stereocenters. The summed E-state index contributed by atoms with van der Waals surface area (Å²) in [5, 5.41) is 10.9. The van der Waals surface area contributed by atoms with E-state index in [1.807, 2.05) is 6.92 Å². The van der Waals surface area contributed by atoms with Crippen molar-refractivity contribution in [2.45, 2.75) is 32.9 Å². The number of hydrogen-bond donors (Lipinski definition) is 1. The average molecular weight is 373 g/mol. The molecule has 0 aliphatic heterocycles. The first-order chi connectivity index (χ1) is 12.9. The predicted octanol–water partition coefficient (Wildman–Crippen LogP) is 1.71. The van der Waals surface area contributed by atoms with E-state index in [0.717, 1.165) is 12.8 Å². The van der Waals surface area contributed by atoms with E-state index in [1.54, 1.807) is 17.7 Å². The van der Waals surface area contributed by atoms with E-state index in [-0.39, 0.29) is 17.8 Å². The second kappa shape index (κ2) is 7.44. The molecule has 0 atom stereocenters. The van der Waals surface area contributed by atoms with Crippen molar-refractivity contribution >= 4 is 16.9 Å². The number of aromatic nitrogens is 4. The van der Waals surface area contributed by atoms with Crippen molar-refractivity contribution in [3.05, 3.63) is 61.0 Å². The molecule has 3 rings (SSSR count). The number of aryl methyl sites for hydroxylation is 2. The number of imidazole rings is 1. The Kier molecular flexibility index (Phi) is 5.06. The summed E-state index contributed by atoms with van der Waals surface area (Å²) in [4.78, 5) is 41.4. The van der Waals surface area contributed by atoms with Crippen molar-refractivity contribution in [3.63, 3.8) is 0 Å². The molecule has 0 amide bonds. The van der Waals surface area contributed by atoms with Gasteiger partial charge in [0.05, 0.1) is 11.0 Å². The fraction of sp³-hybridized carbons (Fsp3) is 0.353. The van der Waals surface area contributed by atoms with Crippen LogP contribution >= 0.6 is 0 Å². The third-order valence-corrected chi connectivity index (χ3v) is 4.24. The molecule has 0 saturated heterocycles. The summed E-state index contributed by atoms with van der Waals surface area (Å²) in [7, 11) is 1.66. The van der Waals surface area contributed by atoms with Crippen LogP contribution in [0.3, 0.4) is 0 Å². The molecule has 10 heteroatoms. The first-order valence-corrected chi connectivity index (χ1v) is 8.48. The smallest absolute Gasteiger partial charge is 0.330 e. The molecule has 2 heterocycles. The summed E-state index contributed by atoms with van der Waals surface area (Å²) in [6.07, 6.45) is 1.67. The lowest BCUT2D eigenvalue weighted by Gasteiger charge is -2.06. The maximum atomic E-state index is 12.2. The molecule has 27 heavy (non-hydrogen) atoms. The summed E-state index contributed by atoms with van der Waals surface area (Å²) >= 11 is 0. The highest BCUT2D eigenvalue weighted by Crippen LogP contribution is 2.20. The second-order valence-corrected chi connectivity index (χ2v) is 6.07. The number of hydrogen-bond acceptors (Lipinski definition) is 6. The number of nitrogens with zero attached hydrogens (tertiary/aromatic N) is 4. The fourth-order valence-electron chi connectivity index (χ4n) is 2.78. The van der Waals surface area contributed by atoms with Crippen molar-refractivity contribution in [1.29, 1.82) is 0 Å². The molecular weight excluding hydrogens is 354 g/mol. The van der Waals surface area contributed by atoms with E-state index in [0.29, 0.717) is 23.8 Å². The van der Waals surface area contributed by atoms with E-state index in [9.17, 15) is 19.7 Å². The molecule has 10 nitrogen and oxygen atoms in total. The average Bonchev–Trinajstić information content (AvgIpc) is 2.97. The number of nitrogens with one attached hydrogen (secondary N) is 1. The van der Waals surface area contributed by atoms with Gasteiger partial charge in [-0.2, -0.15) is 0 Å². The third kappa shape index (κ3) is 3.59. The zero-order valence-electron chi connectivity index (χ0n) is 15.0. The van der Waals surface area contributed by atoms with Crippen LogP contribution in [0.5, 0.6) is 5.75 Å². The number of rotatable bonds is 7. The molecule has 0 saturated carbocycles. The van der Waals surface area contributed by atoms with Crippen LogP contribution in [0, 0.1) is 10.1 Å². The highest BCUT2D eigenvalue weighted by atomic mass is 16.6. The first kappa shape index (κ1) is 18.4. The Balaban J connectivity index is 1.96. The lowest BCUT2D eigenvalue weighted by Crippen LogP contribution is -2.31. The Bertz CT molecular complexity index is 1110. The summed E-state index contributed by atoms with van der Waals surface area (Å²) in [5.74, 6) is 0.742. The quantitative estimate of drug-likeness (QED) is 0.496. The van der Waals surface area contributed by atoms with Gasteiger partial charge in [0.25, 0.3) is 11.2 Å². The third-order valence-electron chi connectivity index (χ3n) is 4.24. The second-order valence-electron chi connectivity index (χ2n) is 6.07. The van der Waals surface area contributed by atoms with E-state index in [1.165, 1.54) is 22.8 Å². The molecule has 2 aromatic heterocycles. The molecule has 0 fully saturated rings. The maximum Gasteiger partial charge on any atom is 0.330 e. The van der Waals surface area contributed by atoms with Gasteiger partial charge in [-0.25, -0.2) is 9.78 Å². The molecule has 0 aliphatic rings. The molecule has 142 valence electrons. The molecule has 3 aromatic rings. The van der Waals surface area contributed by atoms with Crippen LogP contribution in [0.15, 0.2) is 33.9 Å². The van der Waals surface area contributed by atoms with Crippen molar-refractivity contribution in [3.8, 4) is 5.75 Å². The summed E-state index contributed by atoms with van der Waals surface area (Å²) in [5.41, 5.74) is -0.507. The fourth-order valence-corrected chi connectivity index (χ4v) is 2.78. The van der Waals surface area contributed by atoms with Crippen LogP contribution in [-0.4, -0.2) is 24.0 Å². The summed E-state index contributed by atoms with van der Waals surface area (Å²) in [6.45, 7) is 2.45. The standard InChI is InChI=1S/C17H19N5O5/c1-3-4-8-21-15-14(16(23)19-17(21)24)20(2)13(18-15)10-27-12-7-5-6-11(9-12)22(25)26/h5-7,9H,3-4,8,10H2,1-2H3,(H,19,23,24). The Labute approximate surface area is 153 Å². The molecular formula is C17H19N5O5. The topological polar surface area (TPSA) is 125 Å². The first-order valence-electron chi connectivity index (χ1n) is 8.48. The zero-order valence-corrected chi connectivity index (χ0v) is 15.0. The minimum Gasteiger partial charge on any atom is -0.485 e.